The van der Waals surface area contributed by atoms with Crippen molar-refractivity contribution in [3.63, 3.8) is 0 Å². The number of benzene rings is 1. The fourth-order valence-electron chi connectivity index (χ4n) is 1.33. The van der Waals surface area contributed by atoms with E-state index in [0.717, 1.165) is 8.47 Å². The van der Waals surface area contributed by atoms with Gasteiger partial charge in [-0.1, -0.05) is 35.3 Å². The lowest BCUT2D eigenvalue weighted by molar-refractivity contribution is -0.120. The van der Waals surface area contributed by atoms with Crippen LogP contribution in [-0.2, 0) is 9.59 Å². The number of hydrogen-bond acceptors (Lipinski definition) is 2. The van der Waals surface area contributed by atoms with E-state index in [4.69, 9.17) is 23.2 Å². The van der Waals surface area contributed by atoms with Crippen molar-refractivity contribution in [1.29, 1.82) is 0 Å². The van der Waals surface area contributed by atoms with E-state index < -0.39 is 11.8 Å². The number of hydrogen-bond donors (Lipinski definition) is 0. The van der Waals surface area contributed by atoms with Gasteiger partial charge in [0.15, 0.2) is 0 Å². The monoisotopic (exact) mass is 367 g/mol. The first-order chi connectivity index (χ1) is 7.54. The minimum atomic E-state index is -0.583. The third-order valence-corrected chi connectivity index (χ3v) is 3.78. The average molecular weight is 368 g/mol. The number of para-hydroxylation sites is 1. The third kappa shape index (κ3) is 1.74. The Morgan fingerprint density at radius 2 is 1.50 bits per heavy atom. The highest BCUT2D eigenvalue weighted by Gasteiger charge is 2.38. The van der Waals surface area contributed by atoms with Gasteiger partial charge in [0.1, 0.15) is 10.1 Å². The molecule has 0 fully saturated rings. The molecule has 0 saturated carbocycles. The summed E-state index contributed by atoms with van der Waals surface area (Å²) in [5, 5.41) is -0.461. The van der Waals surface area contributed by atoms with Crippen molar-refractivity contribution < 1.29 is 9.59 Å². The molecule has 0 saturated heterocycles. The van der Waals surface area contributed by atoms with Gasteiger partial charge in [0.25, 0.3) is 11.8 Å². The molecule has 0 spiro atoms. The van der Waals surface area contributed by atoms with Crippen molar-refractivity contribution in [2.75, 3.05) is 4.90 Å². The van der Waals surface area contributed by atoms with Gasteiger partial charge in [0.05, 0.1) is 5.69 Å². The minimum Gasteiger partial charge on any atom is -0.267 e. The number of imide groups is 1. The number of carbonyl (C=O) groups excluding carboxylic acids is 2. The van der Waals surface area contributed by atoms with E-state index in [1.165, 1.54) is 0 Å². The van der Waals surface area contributed by atoms with E-state index in [1.54, 1.807) is 18.2 Å². The van der Waals surface area contributed by atoms with Crippen molar-refractivity contribution in [3.8, 4) is 0 Å². The molecule has 0 bridgehead atoms. The Kier molecular flexibility index (Phi) is 3.23. The van der Waals surface area contributed by atoms with Gasteiger partial charge in [-0.3, -0.25) is 9.59 Å². The summed E-state index contributed by atoms with van der Waals surface area (Å²) in [6, 6.07) is 7.00. The van der Waals surface area contributed by atoms with Crippen LogP contribution in [-0.4, -0.2) is 11.8 Å². The van der Waals surface area contributed by atoms with E-state index in [2.05, 4.69) is 0 Å². The highest BCUT2D eigenvalue weighted by molar-refractivity contribution is 14.1. The molecule has 16 heavy (non-hydrogen) atoms. The Hall–Kier alpha value is -0.590. The summed E-state index contributed by atoms with van der Waals surface area (Å²) in [5.41, 5.74) is 0.493. The molecule has 1 aromatic carbocycles. The van der Waals surface area contributed by atoms with Gasteiger partial charge in [-0.15, -0.1) is 0 Å². The second-order valence-electron chi connectivity index (χ2n) is 3.03. The van der Waals surface area contributed by atoms with Gasteiger partial charge in [-0.05, 0) is 34.7 Å². The van der Waals surface area contributed by atoms with Crippen LogP contribution in [0.1, 0.15) is 0 Å². The summed E-state index contributed by atoms with van der Waals surface area (Å²) in [4.78, 5) is 24.4. The van der Waals surface area contributed by atoms with E-state index in [1.807, 2.05) is 28.7 Å². The maximum atomic E-state index is 11.7. The topological polar surface area (TPSA) is 37.4 Å². The van der Waals surface area contributed by atoms with E-state index in [0.29, 0.717) is 5.69 Å². The molecule has 1 aliphatic rings. The summed E-state index contributed by atoms with van der Waals surface area (Å²) >= 11 is 13.3. The molecule has 1 aliphatic heterocycles. The predicted octanol–water partition coefficient (Wildman–Crippen LogP) is 2.85. The molecule has 0 aromatic heterocycles. The summed E-state index contributed by atoms with van der Waals surface area (Å²) in [6.45, 7) is 0. The second-order valence-corrected chi connectivity index (χ2v) is 4.94. The summed E-state index contributed by atoms with van der Waals surface area (Å²) < 4.78 is 0.776. The van der Waals surface area contributed by atoms with Crippen LogP contribution in [0.4, 0.5) is 5.69 Å². The predicted molar refractivity (Wildman–Crippen MR) is 70.4 cm³/mol. The number of carbonyl (C=O) groups is 2. The van der Waals surface area contributed by atoms with Crippen LogP contribution in [0, 0.1) is 3.57 Å². The van der Waals surface area contributed by atoms with Gasteiger partial charge < -0.3 is 0 Å². The van der Waals surface area contributed by atoms with Crippen LogP contribution in [0.25, 0.3) is 0 Å². The Labute approximate surface area is 115 Å². The smallest absolute Gasteiger partial charge is 0.267 e. The maximum absolute atomic E-state index is 11.7. The SMILES string of the molecule is O=C1C(Cl)=C(Cl)C(=O)N1c1ccccc1I. The first kappa shape index (κ1) is 11.9. The minimum absolute atomic E-state index is 0.230. The lowest BCUT2D eigenvalue weighted by Gasteiger charge is -2.15. The van der Waals surface area contributed by atoms with Crippen molar-refractivity contribution in [1.82, 2.24) is 0 Å². The number of halogens is 3. The highest BCUT2D eigenvalue weighted by Crippen LogP contribution is 2.33. The molecule has 3 nitrogen and oxygen atoms in total. The quantitative estimate of drug-likeness (QED) is 0.565. The molecule has 2 amide bonds. The Balaban J connectivity index is 2.51. The first-order valence-corrected chi connectivity index (χ1v) is 6.06. The molecule has 1 aromatic rings. The fourth-order valence-corrected chi connectivity index (χ4v) is 2.29. The van der Waals surface area contributed by atoms with Gasteiger partial charge in [0.2, 0.25) is 0 Å². The number of rotatable bonds is 1. The zero-order valence-corrected chi connectivity index (χ0v) is 11.4. The van der Waals surface area contributed by atoms with Crippen LogP contribution in [0.2, 0.25) is 0 Å². The van der Waals surface area contributed by atoms with Crippen molar-refractivity contribution in [3.05, 3.63) is 37.9 Å². The molecular weight excluding hydrogens is 364 g/mol. The zero-order valence-electron chi connectivity index (χ0n) is 7.71. The van der Waals surface area contributed by atoms with Crippen LogP contribution >= 0.6 is 45.8 Å². The largest absolute Gasteiger partial charge is 0.278 e. The van der Waals surface area contributed by atoms with E-state index in [9.17, 15) is 9.59 Å². The first-order valence-electron chi connectivity index (χ1n) is 4.22. The third-order valence-electron chi connectivity index (χ3n) is 2.07. The summed E-state index contributed by atoms with van der Waals surface area (Å²) in [7, 11) is 0. The second kappa shape index (κ2) is 4.35. The molecule has 6 heteroatoms. The molecule has 0 radical (unpaired) electrons. The van der Waals surface area contributed by atoms with Gasteiger partial charge >= 0.3 is 0 Å². The number of nitrogens with zero attached hydrogens (tertiary/aromatic N) is 1. The van der Waals surface area contributed by atoms with Crippen LogP contribution in [0.3, 0.4) is 0 Å². The summed E-state index contributed by atoms with van der Waals surface area (Å²) in [5.74, 6) is -1.17. The van der Waals surface area contributed by atoms with Crippen molar-refractivity contribution in [2.24, 2.45) is 0 Å². The van der Waals surface area contributed by atoms with E-state index >= 15 is 0 Å². The maximum Gasteiger partial charge on any atom is 0.278 e. The highest BCUT2D eigenvalue weighted by atomic mass is 127. The van der Waals surface area contributed by atoms with Gasteiger partial charge in [-0.25, -0.2) is 4.90 Å². The fraction of sp³-hybridized carbons (Fsp3) is 0. The summed E-state index contributed by atoms with van der Waals surface area (Å²) in [6.07, 6.45) is 0. The Morgan fingerprint density at radius 3 is 2.00 bits per heavy atom. The Morgan fingerprint density at radius 1 is 1.00 bits per heavy atom. The molecule has 2 rings (SSSR count). The lowest BCUT2D eigenvalue weighted by Crippen LogP contribution is -2.31. The molecule has 82 valence electrons. The van der Waals surface area contributed by atoms with Crippen LogP contribution in [0.5, 0.6) is 0 Å². The molecular formula is C10H4Cl2INO2. The molecule has 0 atom stereocenters. The van der Waals surface area contributed by atoms with Crippen molar-refractivity contribution in [2.45, 2.75) is 0 Å². The number of amides is 2. The van der Waals surface area contributed by atoms with Gasteiger partial charge in [0, 0.05) is 3.57 Å². The Bertz CT molecular complexity index is 503. The molecule has 0 unspecified atom stereocenters. The van der Waals surface area contributed by atoms with Crippen LogP contribution in [0.15, 0.2) is 34.3 Å². The van der Waals surface area contributed by atoms with Crippen LogP contribution < -0.4 is 4.90 Å². The standard InChI is InChI=1S/C10H4Cl2INO2/c11-7-8(12)10(16)14(9(7)15)6-4-2-1-3-5(6)13/h1-4H. The lowest BCUT2D eigenvalue weighted by atomic mass is 10.3. The molecule has 1 heterocycles. The normalized spacial score (nSPS) is 16.3. The molecule has 0 aliphatic carbocycles. The van der Waals surface area contributed by atoms with E-state index in [-0.39, 0.29) is 10.1 Å². The number of anilines is 1. The zero-order chi connectivity index (χ0) is 11.9. The van der Waals surface area contributed by atoms with Crippen molar-refractivity contribution >= 4 is 63.3 Å². The average Bonchev–Trinajstić information content (AvgIpc) is 2.45. The molecule has 0 N–H and O–H groups in total. The van der Waals surface area contributed by atoms with Gasteiger partial charge in [-0.2, -0.15) is 0 Å².